The Bertz CT molecular complexity index is 995. The van der Waals surface area contributed by atoms with E-state index < -0.39 is 0 Å². The summed E-state index contributed by atoms with van der Waals surface area (Å²) in [5.41, 5.74) is 2.60. The molecule has 2 aliphatic rings. The van der Waals surface area contributed by atoms with Gasteiger partial charge < -0.3 is 14.1 Å². The van der Waals surface area contributed by atoms with Crippen molar-refractivity contribution in [2.45, 2.75) is 50.8 Å². The third kappa shape index (κ3) is 5.05. The highest BCUT2D eigenvalue weighted by atomic mass is 35.5. The number of pyridine rings is 1. The average Bonchev–Trinajstić information content (AvgIpc) is 3.24. The molecule has 4 heterocycles. The van der Waals surface area contributed by atoms with Crippen LogP contribution in [0.25, 0.3) is 11.1 Å². The van der Waals surface area contributed by atoms with E-state index in [0.29, 0.717) is 6.01 Å². The predicted molar refractivity (Wildman–Crippen MR) is 125 cm³/mol. The number of para-hydroxylation sites is 2. The van der Waals surface area contributed by atoms with Gasteiger partial charge in [-0.3, -0.25) is 9.88 Å². The van der Waals surface area contributed by atoms with Crippen LogP contribution >= 0.6 is 12.4 Å². The second-order valence-corrected chi connectivity index (χ2v) is 8.43. The van der Waals surface area contributed by atoms with Crippen molar-refractivity contribution in [2.24, 2.45) is 0 Å². The third-order valence-corrected chi connectivity index (χ3v) is 6.16. The van der Waals surface area contributed by atoms with Crippen LogP contribution in [-0.4, -0.2) is 52.6 Å². The molecule has 3 aromatic rings. The lowest BCUT2D eigenvalue weighted by atomic mass is 10.0. The number of rotatable bonds is 5. The first-order valence-electron chi connectivity index (χ1n) is 11.2. The molecule has 2 saturated heterocycles. The Balaban J connectivity index is 0.00000245. The van der Waals surface area contributed by atoms with Gasteiger partial charge in [0.05, 0.1) is 5.69 Å². The normalized spacial score (nSPS) is 21.8. The molecule has 32 heavy (non-hydrogen) atoms. The highest BCUT2D eigenvalue weighted by Crippen LogP contribution is 2.29. The van der Waals surface area contributed by atoms with Gasteiger partial charge in [0.15, 0.2) is 5.58 Å². The summed E-state index contributed by atoms with van der Waals surface area (Å²) in [6.45, 7) is 3.29. The van der Waals surface area contributed by atoms with Crippen LogP contribution in [0.1, 0.15) is 37.8 Å². The van der Waals surface area contributed by atoms with Gasteiger partial charge in [-0.15, -0.1) is 12.4 Å². The largest absolute Gasteiger partial charge is 0.459 e. The molecule has 0 bridgehead atoms. The van der Waals surface area contributed by atoms with Crippen LogP contribution < -0.4 is 4.90 Å². The summed E-state index contributed by atoms with van der Waals surface area (Å²) in [5, 5.41) is 0. The molecular weight excluding hydrogens is 428 g/mol. The molecule has 8 heteroatoms. The van der Waals surface area contributed by atoms with Crippen molar-refractivity contribution < 1.29 is 13.9 Å². The van der Waals surface area contributed by atoms with Gasteiger partial charge in [0, 0.05) is 25.8 Å². The molecule has 7 nitrogen and oxygen atoms in total. The zero-order valence-corrected chi connectivity index (χ0v) is 18.9. The van der Waals surface area contributed by atoms with Gasteiger partial charge in [0.2, 0.25) is 0 Å². The Morgan fingerprint density at radius 2 is 1.94 bits per heavy atom. The van der Waals surface area contributed by atoms with Crippen LogP contribution in [0.15, 0.2) is 53.1 Å². The molecule has 5 rings (SSSR count). The summed E-state index contributed by atoms with van der Waals surface area (Å²) in [6, 6.07) is 13.9. The van der Waals surface area contributed by atoms with Crippen molar-refractivity contribution in [3.8, 4) is 0 Å². The van der Waals surface area contributed by atoms with Crippen LogP contribution in [0.4, 0.5) is 6.01 Å². The number of oxazole rings is 1. The van der Waals surface area contributed by atoms with Crippen molar-refractivity contribution in [3.05, 3.63) is 54.4 Å². The minimum Gasteiger partial charge on any atom is -0.459 e. The van der Waals surface area contributed by atoms with Crippen molar-refractivity contribution in [3.63, 3.8) is 0 Å². The van der Waals surface area contributed by atoms with Gasteiger partial charge in [-0.05, 0) is 62.9 Å². The number of carbonyl (C=O) groups excluding carboxylic acids is 1. The first-order valence-corrected chi connectivity index (χ1v) is 11.2. The van der Waals surface area contributed by atoms with Crippen LogP contribution in [0, 0.1) is 0 Å². The van der Waals surface area contributed by atoms with Gasteiger partial charge in [0.1, 0.15) is 17.7 Å². The number of anilines is 1. The molecule has 2 aliphatic heterocycles. The highest BCUT2D eigenvalue weighted by molar-refractivity contribution is 5.85. The Hall–Kier alpha value is -2.64. The molecule has 0 saturated carbocycles. The number of piperidine rings is 2. The van der Waals surface area contributed by atoms with E-state index in [2.05, 4.69) is 14.9 Å². The summed E-state index contributed by atoms with van der Waals surface area (Å²) in [5.74, 6) is -0.161. The van der Waals surface area contributed by atoms with Crippen molar-refractivity contribution >= 4 is 35.5 Å². The van der Waals surface area contributed by atoms with E-state index in [9.17, 15) is 4.79 Å². The molecule has 0 spiro atoms. The zero-order valence-electron chi connectivity index (χ0n) is 18.1. The van der Waals surface area contributed by atoms with Gasteiger partial charge >= 0.3 is 5.97 Å². The van der Waals surface area contributed by atoms with E-state index in [-0.39, 0.29) is 30.5 Å². The zero-order chi connectivity index (χ0) is 21.0. The summed E-state index contributed by atoms with van der Waals surface area (Å²) in [7, 11) is 0. The molecule has 0 N–H and O–H groups in total. The molecule has 2 aromatic heterocycles. The molecule has 2 fully saturated rings. The fourth-order valence-electron chi connectivity index (χ4n) is 4.60. The van der Waals surface area contributed by atoms with E-state index in [1.54, 1.807) is 0 Å². The highest BCUT2D eigenvalue weighted by Gasteiger charge is 2.35. The molecular formula is C24H29ClN4O3. The molecule has 0 aliphatic carbocycles. The summed E-state index contributed by atoms with van der Waals surface area (Å²) >= 11 is 0. The molecule has 2 atom stereocenters. The van der Waals surface area contributed by atoms with E-state index >= 15 is 0 Å². The lowest BCUT2D eigenvalue weighted by molar-refractivity contribution is -0.154. The predicted octanol–water partition coefficient (Wildman–Crippen LogP) is 4.21. The van der Waals surface area contributed by atoms with Crippen LogP contribution in [0.2, 0.25) is 0 Å². The van der Waals surface area contributed by atoms with Crippen LogP contribution in [-0.2, 0) is 16.1 Å². The first kappa shape index (κ1) is 22.6. The lowest BCUT2D eigenvalue weighted by Crippen LogP contribution is -2.48. The van der Waals surface area contributed by atoms with Gasteiger partial charge in [-0.1, -0.05) is 18.2 Å². The fourth-order valence-corrected chi connectivity index (χ4v) is 4.60. The molecule has 1 aromatic carbocycles. The summed E-state index contributed by atoms with van der Waals surface area (Å²) < 4.78 is 12.0. The third-order valence-electron chi connectivity index (χ3n) is 6.16. The lowest BCUT2D eigenvalue weighted by Gasteiger charge is -2.36. The van der Waals surface area contributed by atoms with E-state index in [1.165, 1.54) is 0 Å². The number of likely N-dealkylation sites (tertiary alicyclic amines) is 1. The smallest absolute Gasteiger partial charge is 0.329 e. The van der Waals surface area contributed by atoms with Crippen LogP contribution in [0.5, 0.6) is 0 Å². The maximum Gasteiger partial charge on any atom is 0.329 e. The Morgan fingerprint density at radius 3 is 2.78 bits per heavy atom. The van der Waals surface area contributed by atoms with E-state index in [4.69, 9.17) is 9.15 Å². The standard InChI is InChI=1S/C24H28N4O3.ClH/c29-23(30-19-9-7-14-27(17-19)16-18-8-3-5-13-25-18)21-11-4-6-15-28(21)24-26-20-10-1-2-12-22(20)31-24;/h1-3,5,8,10,12-13,19,21H,4,6-7,9,11,14-17H2;1H/t19-,21-;/m0./s1. The maximum absolute atomic E-state index is 13.2. The number of nitrogens with zero attached hydrogens (tertiary/aromatic N) is 4. The minimum absolute atomic E-state index is 0. The molecule has 170 valence electrons. The minimum atomic E-state index is -0.340. The number of hydrogen-bond donors (Lipinski definition) is 0. The van der Waals surface area contributed by atoms with Gasteiger partial charge in [-0.2, -0.15) is 4.98 Å². The molecule has 0 amide bonds. The number of ether oxygens (including phenoxy) is 1. The Labute approximate surface area is 194 Å². The second kappa shape index (κ2) is 10.3. The molecule has 0 unspecified atom stereocenters. The number of esters is 1. The van der Waals surface area contributed by atoms with E-state index in [1.807, 2.05) is 53.6 Å². The Kier molecular flexibility index (Phi) is 7.27. The monoisotopic (exact) mass is 456 g/mol. The van der Waals surface area contributed by atoms with Gasteiger partial charge in [0.25, 0.3) is 6.01 Å². The fraction of sp³-hybridized carbons (Fsp3) is 0.458. The SMILES string of the molecule is Cl.O=C(O[C@H]1CCCN(Cc2ccccn2)C1)[C@@H]1CCCCN1c1nc2ccccc2o1. The van der Waals surface area contributed by atoms with E-state index in [0.717, 1.165) is 75.1 Å². The van der Waals surface area contributed by atoms with Crippen molar-refractivity contribution in [1.82, 2.24) is 14.9 Å². The maximum atomic E-state index is 13.2. The number of halogens is 1. The summed E-state index contributed by atoms with van der Waals surface area (Å²) in [6.07, 6.45) is 6.45. The second-order valence-electron chi connectivity index (χ2n) is 8.43. The Morgan fingerprint density at radius 1 is 1.06 bits per heavy atom. The van der Waals surface area contributed by atoms with Crippen molar-refractivity contribution in [1.29, 1.82) is 0 Å². The quantitative estimate of drug-likeness (QED) is 0.532. The topological polar surface area (TPSA) is 71.7 Å². The average molecular weight is 457 g/mol. The number of benzene rings is 1. The number of aromatic nitrogens is 2. The molecule has 0 radical (unpaired) electrons. The van der Waals surface area contributed by atoms with Gasteiger partial charge in [-0.25, -0.2) is 4.79 Å². The van der Waals surface area contributed by atoms with Crippen LogP contribution in [0.3, 0.4) is 0 Å². The number of carbonyl (C=O) groups is 1. The summed E-state index contributed by atoms with van der Waals surface area (Å²) in [4.78, 5) is 26.5. The first-order chi connectivity index (χ1) is 15.3. The van der Waals surface area contributed by atoms with Crippen molar-refractivity contribution in [2.75, 3.05) is 24.5 Å². The number of fused-ring (bicyclic) bond motifs is 1. The number of hydrogen-bond acceptors (Lipinski definition) is 7.